The Morgan fingerprint density at radius 2 is 2.00 bits per heavy atom. The molecule has 0 fully saturated rings. The van der Waals surface area contributed by atoms with E-state index in [-0.39, 0.29) is 5.82 Å². The summed E-state index contributed by atoms with van der Waals surface area (Å²) in [5.74, 6) is 0.463. The summed E-state index contributed by atoms with van der Waals surface area (Å²) in [5, 5.41) is 9.19. The number of aromatic nitrogens is 1. The predicted molar refractivity (Wildman–Crippen MR) is 100 cm³/mol. The highest BCUT2D eigenvalue weighted by molar-refractivity contribution is 8.00. The Balaban J connectivity index is 1.70. The Hall–Kier alpha value is -1.74. The standard InChI is InChI=1S/C16H14FN3OS3/c1-21-14-8-12(23-18)6-7-13(14)20-24-15-9-22-16(19-15)10-2-4-11(17)5-3-10/h2-9,20H,18H2,1H3. The number of anilines is 1. The first kappa shape index (κ1) is 17.1. The minimum atomic E-state index is -0.252. The highest BCUT2D eigenvalue weighted by atomic mass is 32.2. The van der Waals surface area contributed by atoms with Gasteiger partial charge >= 0.3 is 0 Å². The molecule has 0 atom stereocenters. The van der Waals surface area contributed by atoms with Crippen LogP contribution in [0.3, 0.4) is 0 Å². The zero-order valence-electron chi connectivity index (χ0n) is 12.7. The second kappa shape index (κ2) is 7.89. The molecule has 2 aromatic carbocycles. The molecule has 1 aromatic heterocycles. The first-order valence-electron chi connectivity index (χ1n) is 6.88. The van der Waals surface area contributed by atoms with Gasteiger partial charge in [-0.25, -0.2) is 9.37 Å². The van der Waals surface area contributed by atoms with Gasteiger partial charge in [-0.1, -0.05) is 0 Å². The lowest BCUT2D eigenvalue weighted by molar-refractivity contribution is 0.416. The third kappa shape index (κ3) is 4.02. The zero-order chi connectivity index (χ0) is 16.9. The summed E-state index contributed by atoms with van der Waals surface area (Å²) >= 11 is 4.08. The maximum Gasteiger partial charge on any atom is 0.143 e. The van der Waals surface area contributed by atoms with E-state index in [0.29, 0.717) is 5.75 Å². The van der Waals surface area contributed by atoms with Crippen LogP contribution >= 0.6 is 35.2 Å². The molecule has 3 rings (SSSR count). The number of thiazole rings is 1. The normalized spacial score (nSPS) is 10.6. The van der Waals surface area contributed by atoms with Gasteiger partial charge < -0.3 is 9.46 Å². The van der Waals surface area contributed by atoms with Crippen molar-refractivity contribution < 1.29 is 9.13 Å². The molecule has 4 nitrogen and oxygen atoms in total. The molecule has 3 N–H and O–H groups in total. The smallest absolute Gasteiger partial charge is 0.143 e. The van der Waals surface area contributed by atoms with E-state index in [2.05, 4.69) is 9.71 Å². The van der Waals surface area contributed by atoms with Crippen molar-refractivity contribution in [2.24, 2.45) is 5.14 Å². The molecule has 24 heavy (non-hydrogen) atoms. The second-order valence-corrected chi connectivity index (χ2v) is 7.07. The third-order valence-electron chi connectivity index (χ3n) is 3.15. The van der Waals surface area contributed by atoms with Gasteiger partial charge in [0, 0.05) is 27.8 Å². The highest BCUT2D eigenvalue weighted by Gasteiger charge is 2.08. The summed E-state index contributed by atoms with van der Waals surface area (Å²) in [7, 11) is 1.62. The van der Waals surface area contributed by atoms with Gasteiger partial charge in [-0.05, 0) is 54.4 Å². The number of nitrogens with two attached hydrogens (primary N) is 1. The Bertz CT molecular complexity index is 824. The van der Waals surface area contributed by atoms with Crippen LogP contribution in [-0.2, 0) is 0 Å². The molecular formula is C16H14FN3OS3. The summed E-state index contributed by atoms with van der Waals surface area (Å²) < 4.78 is 21.6. The number of hydrogen-bond donors (Lipinski definition) is 2. The maximum absolute atomic E-state index is 13.0. The van der Waals surface area contributed by atoms with Gasteiger partial charge in [0.1, 0.15) is 21.6 Å². The van der Waals surface area contributed by atoms with Crippen LogP contribution in [0.2, 0.25) is 0 Å². The largest absolute Gasteiger partial charge is 0.495 e. The van der Waals surface area contributed by atoms with E-state index in [1.54, 1.807) is 19.2 Å². The van der Waals surface area contributed by atoms with Crippen molar-refractivity contribution in [1.29, 1.82) is 0 Å². The molecule has 0 spiro atoms. The second-order valence-electron chi connectivity index (χ2n) is 4.68. The van der Waals surface area contributed by atoms with Crippen LogP contribution < -0.4 is 14.6 Å². The number of hydrogen-bond acceptors (Lipinski definition) is 7. The van der Waals surface area contributed by atoms with Gasteiger partial charge in [-0.15, -0.1) is 11.3 Å². The van der Waals surface area contributed by atoms with E-state index >= 15 is 0 Å². The van der Waals surface area contributed by atoms with Gasteiger partial charge in [0.2, 0.25) is 0 Å². The van der Waals surface area contributed by atoms with Crippen LogP contribution in [0, 0.1) is 5.82 Å². The Morgan fingerprint density at radius 3 is 2.71 bits per heavy atom. The molecule has 0 radical (unpaired) electrons. The fraction of sp³-hybridized carbons (Fsp3) is 0.0625. The lowest BCUT2D eigenvalue weighted by Gasteiger charge is -2.10. The highest BCUT2D eigenvalue weighted by Crippen LogP contribution is 2.33. The number of methoxy groups -OCH3 is 1. The van der Waals surface area contributed by atoms with Crippen molar-refractivity contribution in [1.82, 2.24) is 4.98 Å². The quantitative estimate of drug-likeness (QED) is 0.585. The zero-order valence-corrected chi connectivity index (χ0v) is 15.1. The van der Waals surface area contributed by atoms with Crippen LogP contribution in [0.4, 0.5) is 10.1 Å². The monoisotopic (exact) mass is 379 g/mol. The van der Waals surface area contributed by atoms with E-state index < -0.39 is 0 Å². The van der Waals surface area contributed by atoms with E-state index in [4.69, 9.17) is 9.88 Å². The van der Waals surface area contributed by atoms with Gasteiger partial charge in [0.15, 0.2) is 0 Å². The molecule has 0 amide bonds. The van der Waals surface area contributed by atoms with E-state index in [9.17, 15) is 4.39 Å². The maximum atomic E-state index is 13.0. The first-order chi connectivity index (χ1) is 11.7. The SMILES string of the molecule is COc1cc(SN)ccc1NSc1csc(-c2ccc(F)cc2)n1. The van der Waals surface area contributed by atoms with Crippen LogP contribution in [0.25, 0.3) is 10.6 Å². The summed E-state index contributed by atoms with van der Waals surface area (Å²) in [6, 6.07) is 12.0. The molecule has 0 saturated carbocycles. The third-order valence-corrected chi connectivity index (χ3v) is 5.46. The Kier molecular flexibility index (Phi) is 5.62. The first-order valence-corrected chi connectivity index (χ1v) is 9.46. The van der Waals surface area contributed by atoms with Gasteiger partial charge in [-0.3, -0.25) is 5.14 Å². The summed E-state index contributed by atoms with van der Waals surface area (Å²) in [4.78, 5) is 5.47. The summed E-state index contributed by atoms with van der Waals surface area (Å²) in [6.07, 6.45) is 0. The molecular weight excluding hydrogens is 365 g/mol. The molecule has 3 aromatic rings. The number of halogens is 1. The number of nitrogens with one attached hydrogen (secondary N) is 1. The van der Waals surface area contributed by atoms with Crippen LogP contribution in [0.15, 0.2) is 57.8 Å². The van der Waals surface area contributed by atoms with Crippen LogP contribution in [-0.4, -0.2) is 12.1 Å². The lowest BCUT2D eigenvalue weighted by atomic mass is 10.2. The van der Waals surface area contributed by atoms with E-state index in [1.807, 2.05) is 23.6 Å². The van der Waals surface area contributed by atoms with Crippen LogP contribution in [0.1, 0.15) is 0 Å². The molecule has 0 unspecified atom stereocenters. The Labute approximate surface area is 151 Å². The van der Waals surface area contributed by atoms with Gasteiger partial charge in [0.05, 0.1) is 12.8 Å². The summed E-state index contributed by atoms with van der Waals surface area (Å²) in [6.45, 7) is 0. The van der Waals surface area contributed by atoms with Crippen molar-refractivity contribution in [2.45, 2.75) is 9.92 Å². The van der Waals surface area contributed by atoms with Crippen molar-refractivity contribution in [2.75, 3.05) is 11.8 Å². The van der Waals surface area contributed by atoms with Gasteiger partial charge in [0.25, 0.3) is 0 Å². The Morgan fingerprint density at radius 1 is 1.21 bits per heavy atom. The molecule has 124 valence electrons. The summed E-state index contributed by atoms with van der Waals surface area (Å²) in [5.41, 5.74) is 1.74. The molecule has 8 heteroatoms. The number of benzene rings is 2. The molecule has 0 aliphatic heterocycles. The average Bonchev–Trinajstić information content (AvgIpc) is 3.09. The molecule has 1 heterocycles. The molecule has 0 bridgehead atoms. The van der Waals surface area contributed by atoms with Crippen molar-refractivity contribution in [3.63, 3.8) is 0 Å². The number of rotatable bonds is 6. The molecule has 0 aliphatic carbocycles. The molecule has 0 aliphatic rings. The van der Waals surface area contributed by atoms with Crippen LogP contribution in [0.5, 0.6) is 5.75 Å². The molecule has 0 saturated heterocycles. The van der Waals surface area contributed by atoms with Crippen molar-refractivity contribution >= 4 is 40.9 Å². The lowest BCUT2D eigenvalue weighted by Crippen LogP contribution is -1.93. The fourth-order valence-corrected chi connectivity index (χ4v) is 3.89. The average molecular weight is 380 g/mol. The topological polar surface area (TPSA) is 60.2 Å². The number of nitrogens with zero attached hydrogens (tertiary/aromatic N) is 1. The predicted octanol–water partition coefficient (Wildman–Crippen LogP) is 5.04. The van der Waals surface area contributed by atoms with E-state index in [0.717, 1.165) is 26.2 Å². The van der Waals surface area contributed by atoms with Crippen molar-refractivity contribution in [3.05, 3.63) is 53.7 Å². The fourth-order valence-electron chi connectivity index (χ4n) is 1.97. The number of ether oxygens (including phenoxy) is 1. The van der Waals surface area contributed by atoms with E-state index in [1.165, 1.54) is 47.4 Å². The minimum absolute atomic E-state index is 0.252. The van der Waals surface area contributed by atoms with Gasteiger partial charge in [-0.2, -0.15) is 0 Å². The van der Waals surface area contributed by atoms with Crippen molar-refractivity contribution in [3.8, 4) is 16.3 Å². The minimum Gasteiger partial charge on any atom is -0.495 e.